The third-order valence-electron chi connectivity index (χ3n) is 6.44. The Morgan fingerprint density at radius 2 is 1.90 bits per heavy atom. The third kappa shape index (κ3) is 1.57. The molecule has 2 heteroatoms. The van der Waals surface area contributed by atoms with E-state index in [2.05, 4.69) is 6.92 Å². The molecule has 0 unspecified atom stereocenters. The van der Waals surface area contributed by atoms with Gasteiger partial charge in [-0.25, -0.2) is 0 Å². The minimum Gasteiger partial charge on any atom is -0.299 e. The highest BCUT2D eigenvalue weighted by Gasteiger charge is 2.53. The van der Waals surface area contributed by atoms with E-state index in [1.807, 2.05) is 6.08 Å². The van der Waals surface area contributed by atoms with Crippen LogP contribution in [0.5, 0.6) is 0 Å². The van der Waals surface area contributed by atoms with Crippen LogP contribution in [0, 0.1) is 17.3 Å². The zero-order valence-corrected chi connectivity index (χ0v) is 12.2. The van der Waals surface area contributed by atoms with Gasteiger partial charge in [-0.05, 0) is 67.6 Å². The molecule has 0 radical (unpaired) electrons. The largest absolute Gasteiger partial charge is 0.299 e. The lowest BCUT2D eigenvalue weighted by molar-refractivity contribution is -0.128. The van der Waals surface area contributed by atoms with Gasteiger partial charge in [-0.3, -0.25) is 9.59 Å². The molecular formula is C18H22O2. The Morgan fingerprint density at radius 1 is 1.05 bits per heavy atom. The molecule has 3 atom stereocenters. The van der Waals surface area contributed by atoms with Gasteiger partial charge in [0.25, 0.3) is 0 Å². The Labute approximate surface area is 120 Å². The maximum Gasteiger partial charge on any atom is 0.156 e. The Balaban J connectivity index is 1.76. The number of fused-ring (bicyclic) bond motifs is 4. The maximum absolute atomic E-state index is 12.3. The number of rotatable bonds is 0. The summed E-state index contributed by atoms with van der Waals surface area (Å²) in [5.41, 5.74) is 4.40. The van der Waals surface area contributed by atoms with Crippen molar-refractivity contribution in [1.29, 1.82) is 0 Å². The van der Waals surface area contributed by atoms with E-state index in [-0.39, 0.29) is 5.41 Å². The summed E-state index contributed by atoms with van der Waals surface area (Å²) in [6.45, 7) is 2.21. The number of allylic oxidation sites excluding steroid dienone is 4. The highest BCUT2D eigenvalue weighted by molar-refractivity contribution is 5.93. The Morgan fingerprint density at radius 3 is 2.75 bits per heavy atom. The summed E-state index contributed by atoms with van der Waals surface area (Å²) < 4.78 is 0. The van der Waals surface area contributed by atoms with Gasteiger partial charge in [0.1, 0.15) is 5.78 Å². The molecule has 4 rings (SSSR count). The van der Waals surface area contributed by atoms with Crippen LogP contribution in [0.25, 0.3) is 0 Å². The standard InChI is InChI=1S/C18H22O2/c1-18-9-8-14-13-5-3-12(19)10-11(13)2-4-15(14)16(18)6-7-17(18)20/h10,15-16H,2-9H2,1H3/t15-,16-,18-/m0/s1. The number of ketones is 2. The second-order valence-electron chi connectivity index (χ2n) is 7.27. The molecule has 0 heterocycles. The molecule has 20 heavy (non-hydrogen) atoms. The number of hydrogen-bond donors (Lipinski definition) is 0. The van der Waals surface area contributed by atoms with Gasteiger partial charge in [-0.15, -0.1) is 0 Å². The summed E-state index contributed by atoms with van der Waals surface area (Å²) in [6, 6.07) is 0. The molecule has 0 aliphatic heterocycles. The number of hydrogen-bond acceptors (Lipinski definition) is 2. The summed E-state index contributed by atoms with van der Waals surface area (Å²) in [5, 5.41) is 0. The van der Waals surface area contributed by atoms with Gasteiger partial charge in [-0.2, -0.15) is 0 Å². The molecular weight excluding hydrogens is 248 g/mol. The van der Waals surface area contributed by atoms with Crippen molar-refractivity contribution in [2.24, 2.45) is 17.3 Å². The van der Waals surface area contributed by atoms with E-state index in [0.717, 1.165) is 44.9 Å². The van der Waals surface area contributed by atoms with E-state index in [0.29, 0.717) is 29.8 Å². The van der Waals surface area contributed by atoms with E-state index in [1.165, 1.54) is 11.1 Å². The summed E-state index contributed by atoms with van der Waals surface area (Å²) in [6.07, 6.45) is 9.76. The fourth-order valence-electron chi connectivity index (χ4n) is 5.30. The van der Waals surface area contributed by atoms with Gasteiger partial charge in [0.15, 0.2) is 5.78 Å². The molecule has 0 N–H and O–H groups in total. The highest BCUT2D eigenvalue weighted by Crippen LogP contribution is 2.58. The molecule has 4 aliphatic rings. The second-order valence-corrected chi connectivity index (χ2v) is 7.27. The van der Waals surface area contributed by atoms with Crippen LogP contribution in [0.15, 0.2) is 22.8 Å². The fourth-order valence-corrected chi connectivity index (χ4v) is 5.30. The second kappa shape index (κ2) is 4.16. The lowest BCUT2D eigenvalue weighted by atomic mass is 9.57. The van der Waals surface area contributed by atoms with E-state index < -0.39 is 0 Å². The number of carbonyl (C=O) groups is 2. The van der Waals surface area contributed by atoms with Gasteiger partial charge in [0.05, 0.1) is 0 Å². The molecule has 2 saturated carbocycles. The lowest BCUT2D eigenvalue weighted by Crippen LogP contribution is -2.40. The summed E-state index contributed by atoms with van der Waals surface area (Å²) >= 11 is 0. The monoisotopic (exact) mass is 270 g/mol. The van der Waals surface area contributed by atoms with Crippen LogP contribution in [-0.2, 0) is 9.59 Å². The molecule has 0 spiro atoms. The van der Waals surface area contributed by atoms with Crippen molar-refractivity contribution in [2.45, 2.75) is 58.3 Å². The molecule has 4 aliphatic carbocycles. The minimum atomic E-state index is -0.0412. The molecule has 2 fully saturated rings. The van der Waals surface area contributed by atoms with E-state index >= 15 is 0 Å². The smallest absolute Gasteiger partial charge is 0.156 e. The average molecular weight is 270 g/mol. The first kappa shape index (κ1) is 12.6. The van der Waals surface area contributed by atoms with Crippen molar-refractivity contribution in [3.05, 3.63) is 22.8 Å². The van der Waals surface area contributed by atoms with Crippen molar-refractivity contribution in [1.82, 2.24) is 0 Å². The normalized spacial score (nSPS) is 40.1. The van der Waals surface area contributed by atoms with Crippen LogP contribution >= 0.6 is 0 Å². The van der Waals surface area contributed by atoms with Crippen LogP contribution in [0.3, 0.4) is 0 Å². The lowest BCUT2D eigenvalue weighted by Gasteiger charge is -2.46. The topological polar surface area (TPSA) is 34.1 Å². The van der Waals surface area contributed by atoms with Crippen LogP contribution in [0.1, 0.15) is 58.3 Å². The van der Waals surface area contributed by atoms with Gasteiger partial charge in [0, 0.05) is 18.3 Å². The quantitative estimate of drug-likeness (QED) is 0.671. The molecule has 0 bridgehead atoms. The van der Waals surface area contributed by atoms with Gasteiger partial charge >= 0.3 is 0 Å². The molecule has 0 aromatic rings. The summed E-state index contributed by atoms with van der Waals surface area (Å²) in [4.78, 5) is 23.9. The Bertz CT molecular complexity index is 566. The Kier molecular flexibility index (Phi) is 2.61. The van der Waals surface area contributed by atoms with Crippen molar-refractivity contribution < 1.29 is 9.59 Å². The maximum atomic E-state index is 12.3. The first-order chi connectivity index (χ1) is 9.59. The van der Waals surface area contributed by atoms with Crippen LogP contribution < -0.4 is 0 Å². The Hall–Kier alpha value is -1.18. The van der Waals surface area contributed by atoms with Crippen LogP contribution in [-0.4, -0.2) is 11.6 Å². The molecule has 0 aromatic heterocycles. The third-order valence-corrected chi connectivity index (χ3v) is 6.44. The van der Waals surface area contributed by atoms with E-state index in [1.54, 1.807) is 5.57 Å². The van der Waals surface area contributed by atoms with Crippen molar-refractivity contribution in [2.75, 3.05) is 0 Å². The van der Waals surface area contributed by atoms with Gasteiger partial charge in [-0.1, -0.05) is 12.5 Å². The SMILES string of the molecule is C[C@]12CCC3=C4CCC(=O)C=C4CC[C@@H]3[C@@H]1CCC2=O. The van der Waals surface area contributed by atoms with Crippen LogP contribution in [0.2, 0.25) is 0 Å². The molecule has 0 amide bonds. The molecule has 0 saturated heterocycles. The van der Waals surface area contributed by atoms with Crippen LogP contribution in [0.4, 0.5) is 0 Å². The zero-order chi connectivity index (χ0) is 13.9. The highest BCUT2D eigenvalue weighted by atomic mass is 16.1. The predicted octanol–water partition coefficient (Wildman–Crippen LogP) is 3.76. The van der Waals surface area contributed by atoms with Gasteiger partial charge in [0.2, 0.25) is 0 Å². The van der Waals surface area contributed by atoms with Crippen molar-refractivity contribution in [3.8, 4) is 0 Å². The molecule has 0 aromatic carbocycles. The number of carbonyl (C=O) groups excluding carboxylic acids is 2. The fraction of sp³-hybridized carbons (Fsp3) is 0.667. The average Bonchev–Trinajstić information content (AvgIpc) is 2.74. The van der Waals surface area contributed by atoms with E-state index in [9.17, 15) is 9.59 Å². The van der Waals surface area contributed by atoms with E-state index in [4.69, 9.17) is 0 Å². The predicted molar refractivity (Wildman–Crippen MR) is 77.1 cm³/mol. The first-order valence-corrected chi connectivity index (χ1v) is 8.08. The first-order valence-electron chi connectivity index (χ1n) is 8.08. The summed E-state index contributed by atoms with van der Waals surface area (Å²) in [7, 11) is 0. The van der Waals surface area contributed by atoms with Crippen molar-refractivity contribution in [3.63, 3.8) is 0 Å². The molecule has 2 nitrogen and oxygen atoms in total. The van der Waals surface area contributed by atoms with Crippen molar-refractivity contribution >= 4 is 11.6 Å². The van der Waals surface area contributed by atoms with Gasteiger partial charge < -0.3 is 0 Å². The number of Topliss-reactive ketones (excluding diaryl/α,β-unsaturated/α-hetero) is 1. The molecule has 106 valence electrons. The summed E-state index contributed by atoms with van der Waals surface area (Å²) in [5.74, 6) is 2.01. The minimum absolute atomic E-state index is 0.0412. The zero-order valence-electron chi connectivity index (χ0n) is 12.2.